The molecule has 1 amide bonds. The zero-order chi connectivity index (χ0) is 33.4. The second-order valence-electron chi connectivity index (χ2n) is 12.2. The van der Waals surface area contributed by atoms with E-state index >= 15 is 0 Å². The van der Waals surface area contributed by atoms with E-state index in [1.165, 1.54) is 9.80 Å². The van der Waals surface area contributed by atoms with Gasteiger partial charge in [-0.05, 0) is 30.4 Å². The van der Waals surface area contributed by atoms with Gasteiger partial charge in [-0.3, -0.25) is 19.1 Å². The van der Waals surface area contributed by atoms with Crippen LogP contribution in [-0.2, 0) is 22.4 Å². The van der Waals surface area contributed by atoms with E-state index in [2.05, 4.69) is 36.5 Å². The number of hydrogen-bond acceptors (Lipinski definition) is 7. The molecule has 2 aliphatic rings. The first-order valence-electron chi connectivity index (χ1n) is 15.7. The van der Waals surface area contributed by atoms with Crippen molar-refractivity contribution in [3.05, 3.63) is 113 Å². The van der Waals surface area contributed by atoms with Gasteiger partial charge >= 0.3 is 18.0 Å². The number of aromatic nitrogens is 2. The Morgan fingerprint density at radius 1 is 0.979 bits per heavy atom. The van der Waals surface area contributed by atoms with Gasteiger partial charge in [-0.2, -0.15) is 0 Å². The number of fused-ring (bicyclic) bond motifs is 1. The van der Waals surface area contributed by atoms with Gasteiger partial charge < -0.3 is 25.2 Å². The van der Waals surface area contributed by atoms with Crippen LogP contribution in [0.5, 0.6) is 5.88 Å². The lowest BCUT2D eigenvalue weighted by Crippen LogP contribution is -2.38. The third-order valence-corrected chi connectivity index (χ3v) is 8.41. The summed E-state index contributed by atoms with van der Waals surface area (Å²) in [5, 5.41) is 22.1. The molecule has 3 N–H and O–H groups in total. The fourth-order valence-corrected chi connectivity index (χ4v) is 5.90. The van der Waals surface area contributed by atoms with Crippen LogP contribution in [0.3, 0.4) is 0 Å². The summed E-state index contributed by atoms with van der Waals surface area (Å²) in [5.41, 5.74) is 3.48. The highest BCUT2D eigenvalue weighted by molar-refractivity contribution is 5.73. The number of allylic oxidation sites excluding steroid dienone is 4. The molecule has 11 heteroatoms. The zero-order valence-corrected chi connectivity index (χ0v) is 26.7. The van der Waals surface area contributed by atoms with Gasteiger partial charge in [-0.1, -0.05) is 91.9 Å². The number of aliphatic carboxylic acids is 2. The molecule has 1 aromatic heterocycles. The average molecular weight is 640 g/mol. The quantitative estimate of drug-likeness (QED) is 0.223. The summed E-state index contributed by atoms with van der Waals surface area (Å²) in [7, 11) is 1.60. The number of rotatable bonds is 14. The third kappa shape index (κ3) is 8.56. The van der Waals surface area contributed by atoms with Crippen LogP contribution in [0, 0.1) is 5.41 Å². The minimum Gasteiger partial charge on any atom is -0.480 e. The van der Waals surface area contributed by atoms with Gasteiger partial charge in [-0.25, -0.2) is 9.78 Å². The topological polar surface area (TPSA) is 137 Å². The summed E-state index contributed by atoms with van der Waals surface area (Å²) in [5.74, 6) is -1.14. The molecule has 2 atom stereocenters. The summed E-state index contributed by atoms with van der Waals surface area (Å²) in [6, 6.07) is 19.9. The number of nitrogens with zero attached hydrogens (tertiary/aromatic N) is 4. The van der Waals surface area contributed by atoms with Gasteiger partial charge in [0.25, 0.3) is 0 Å². The Hall–Kier alpha value is -5.16. The Labute approximate surface area is 274 Å². The summed E-state index contributed by atoms with van der Waals surface area (Å²) in [6.07, 6.45) is 12.1. The molecule has 2 unspecified atom stereocenters. The van der Waals surface area contributed by atoms with E-state index in [0.29, 0.717) is 30.8 Å². The number of carboxylic acid groups (broad SMARTS) is 2. The first kappa shape index (κ1) is 33.2. The van der Waals surface area contributed by atoms with E-state index in [0.717, 1.165) is 29.1 Å². The van der Waals surface area contributed by atoms with Gasteiger partial charge in [0, 0.05) is 43.9 Å². The lowest BCUT2D eigenvalue weighted by Gasteiger charge is -2.36. The monoisotopic (exact) mass is 639 g/mol. The first-order valence-corrected chi connectivity index (χ1v) is 15.7. The normalized spacial score (nSPS) is 18.3. The summed E-state index contributed by atoms with van der Waals surface area (Å²) < 4.78 is 8.06. The van der Waals surface area contributed by atoms with Crippen molar-refractivity contribution in [1.82, 2.24) is 24.7 Å². The zero-order valence-electron chi connectivity index (χ0n) is 26.7. The van der Waals surface area contributed by atoms with Crippen molar-refractivity contribution in [3.8, 4) is 5.88 Å². The summed E-state index contributed by atoms with van der Waals surface area (Å²) in [4.78, 5) is 43.7. The standard InChI is InChI=1S/C36H41N5O6/c1-36(17-10-5-11-18-36)30-23-41-33(28(37-30)21-26-13-6-3-7-14-26)38-29(22-27-15-8-4-9-16-27)34(41)47-35(46)39(2)19-12-20-40(24-31(42)43)25-32(44)45/h3-11,13-17,23,28,37H,12,18-22,24-25H2,1-2H3,(H,42,43)(H,44,45). The Kier molecular flexibility index (Phi) is 10.6. The molecule has 1 aliphatic carbocycles. The highest BCUT2D eigenvalue weighted by Crippen LogP contribution is 2.41. The van der Waals surface area contributed by atoms with Crippen molar-refractivity contribution < 1.29 is 29.3 Å². The molecule has 0 radical (unpaired) electrons. The van der Waals surface area contributed by atoms with Gasteiger partial charge in [0.1, 0.15) is 11.5 Å². The first-order chi connectivity index (χ1) is 22.6. The molecule has 246 valence electrons. The molecule has 1 aliphatic heterocycles. The van der Waals surface area contributed by atoms with E-state index in [-0.39, 0.29) is 24.5 Å². The lowest BCUT2D eigenvalue weighted by atomic mass is 9.80. The van der Waals surface area contributed by atoms with Crippen molar-refractivity contribution in [1.29, 1.82) is 0 Å². The largest absolute Gasteiger partial charge is 0.480 e. The maximum absolute atomic E-state index is 13.6. The van der Waals surface area contributed by atoms with Crippen molar-refractivity contribution in [2.75, 3.05) is 33.2 Å². The predicted molar refractivity (Wildman–Crippen MR) is 178 cm³/mol. The van der Waals surface area contributed by atoms with Crippen molar-refractivity contribution in [3.63, 3.8) is 0 Å². The van der Waals surface area contributed by atoms with Gasteiger partial charge in [-0.15, -0.1) is 0 Å². The number of nitrogens with one attached hydrogen (secondary N) is 1. The van der Waals surface area contributed by atoms with Gasteiger partial charge in [0.05, 0.1) is 19.1 Å². The van der Waals surface area contributed by atoms with Crippen molar-refractivity contribution in [2.24, 2.45) is 5.41 Å². The molecule has 0 saturated carbocycles. The Morgan fingerprint density at radius 2 is 1.64 bits per heavy atom. The van der Waals surface area contributed by atoms with Crippen LogP contribution in [0.15, 0.2) is 90.7 Å². The van der Waals surface area contributed by atoms with Gasteiger partial charge in [0.15, 0.2) is 0 Å². The van der Waals surface area contributed by atoms with E-state index in [9.17, 15) is 14.4 Å². The van der Waals surface area contributed by atoms with Gasteiger partial charge in [0.2, 0.25) is 5.88 Å². The Balaban J connectivity index is 1.45. The molecule has 5 rings (SSSR count). The van der Waals surface area contributed by atoms with E-state index in [1.807, 2.05) is 71.5 Å². The number of carbonyl (C=O) groups is 3. The molecule has 0 fully saturated rings. The molecule has 2 heterocycles. The van der Waals surface area contributed by atoms with Crippen LogP contribution in [-0.4, -0.2) is 80.8 Å². The molecule has 3 aromatic rings. The molecule has 0 saturated heterocycles. The minimum absolute atomic E-state index is 0.192. The number of carbonyl (C=O) groups excluding carboxylic acids is 1. The molecule has 2 aromatic carbocycles. The predicted octanol–water partition coefficient (Wildman–Crippen LogP) is 4.97. The van der Waals surface area contributed by atoms with Crippen molar-refractivity contribution >= 4 is 24.2 Å². The number of amides is 1. The van der Waals surface area contributed by atoms with Crippen LogP contribution in [0.1, 0.15) is 48.5 Å². The number of imidazole rings is 1. The molecule has 0 spiro atoms. The maximum Gasteiger partial charge on any atom is 0.416 e. The molecule has 47 heavy (non-hydrogen) atoms. The number of benzene rings is 2. The summed E-state index contributed by atoms with van der Waals surface area (Å²) >= 11 is 0. The molecular formula is C36H41N5O6. The summed E-state index contributed by atoms with van der Waals surface area (Å²) in [6.45, 7) is 1.80. The number of carboxylic acids is 2. The lowest BCUT2D eigenvalue weighted by molar-refractivity contribution is -0.141. The van der Waals surface area contributed by atoms with E-state index in [4.69, 9.17) is 19.9 Å². The SMILES string of the molecule is CN(CCCN(CC(=O)O)CC(=O)O)C(=O)Oc1c(Cc2ccccc2)nc2n1C=C(C1(C)C=CC=CC1)NC2Cc1ccccc1. The van der Waals surface area contributed by atoms with Crippen molar-refractivity contribution in [2.45, 2.75) is 38.6 Å². The molecule has 0 bridgehead atoms. The minimum atomic E-state index is -1.11. The maximum atomic E-state index is 13.6. The Bertz CT molecular complexity index is 1650. The smallest absolute Gasteiger partial charge is 0.416 e. The number of hydrogen-bond donors (Lipinski definition) is 3. The highest BCUT2D eigenvalue weighted by Gasteiger charge is 2.36. The second-order valence-corrected chi connectivity index (χ2v) is 12.2. The Morgan fingerprint density at radius 3 is 2.26 bits per heavy atom. The van der Waals surface area contributed by atoms with Crippen LogP contribution in [0.4, 0.5) is 4.79 Å². The fraction of sp³-hybridized carbons (Fsp3) is 0.333. The second kappa shape index (κ2) is 15.0. The van der Waals surface area contributed by atoms with Crippen LogP contribution < -0.4 is 10.1 Å². The van der Waals surface area contributed by atoms with Crippen LogP contribution in [0.2, 0.25) is 0 Å². The third-order valence-electron chi connectivity index (χ3n) is 8.41. The number of ether oxygens (including phenoxy) is 1. The van der Waals surface area contributed by atoms with E-state index in [1.54, 1.807) is 7.05 Å². The molecular weight excluding hydrogens is 598 g/mol. The van der Waals surface area contributed by atoms with E-state index < -0.39 is 31.1 Å². The fourth-order valence-electron chi connectivity index (χ4n) is 5.90. The van der Waals surface area contributed by atoms with Crippen LogP contribution >= 0.6 is 0 Å². The molecule has 11 nitrogen and oxygen atoms in total. The average Bonchev–Trinajstić information content (AvgIpc) is 3.38. The highest BCUT2D eigenvalue weighted by atomic mass is 16.6. The van der Waals surface area contributed by atoms with Crippen LogP contribution in [0.25, 0.3) is 6.20 Å².